The first kappa shape index (κ1) is 22.0. The molecule has 6 heteroatoms. The molecule has 0 spiro atoms. The van der Waals surface area contributed by atoms with Crippen molar-refractivity contribution >= 4 is 12.1 Å². The highest BCUT2D eigenvalue weighted by atomic mass is 16.6. The number of hydrogen-bond donors (Lipinski definition) is 0. The van der Waals surface area contributed by atoms with Crippen LogP contribution in [0, 0.1) is 0 Å². The molecule has 1 heterocycles. The molecule has 1 aromatic rings. The molecular weight excluding hydrogens is 356 g/mol. The zero-order valence-electron chi connectivity index (χ0n) is 17.6. The summed E-state index contributed by atoms with van der Waals surface area (Å²) in [7, 11) is 3.88. The summed E-state index contributed by atoms with van der Waals surface area (Å²) in [6, 6.07) is 9.53. The van der Waals surface area contributed by atoms with Crippen LogP contribution in [-0.2, 0) is 20.9 Å². The van der Waals surface area contributed by atoms with Gasteiger partial charge in [0, 0.05) is 12.6 Å². The van der Waals surface area contributed by atoms with Crippen LogP contribution in [0.25, 0.3) is 0 Å². The largest absolute Gasteiger partial charge is 0.459 e. The number of benzene rings is 1. The van der Waals surface area contributed by atoms with Gasteiger partial charge in [0.1, 0.15) is 17.7 Å². The molecule has 1 aliphatic heterocycles. The van der Waals surface area contributed by atoms with Gasteiger partial charge in [-0.3, -0.25) is 4.90 Å². The van der Waals surface area contributed by atoms with Crippen molar-refractivity contribution in [2.24, 2.45) is 0 Å². The Morgan fingerprint density at radius 3 is 2.46 bits per heavy atom. The number of amides is 1. The Labute approximate surface area is 168 Å². The molecule has 154 valence electrons. The van der Waals surface area contributed by atoms with Crippen LogP contribution < -0.4 is 0 Å². The highest BCUT2D eigenvalue weighted by Gasteiger charge is 2.55. The molecule has 1 amide bonds. The number of likely N-dealkylation sites (N-methyl/N-ethyl adjacent to an activating group) is 1. The summed E-state index contributed by atoms with van der Waals surface area (Å²) in [5.74, 6) is -0.425. The predicted molar refractivity (Wildman–Crippen MR) is 109 cm³/mol. The van der Waals surface area contributed by atoms with Gasteiger partial charge in [-0.2, -0.15) is 0 Å². The first-order chi connectivity index (χ1) is 13.1. The number of esters is 1. The average Bonchev–Trinajstić information content (AvgIpc) is 3.01. The smallest absolute Gasteiger partial charge is 0.411 e. The van der Waals surface area contributed by atoms with Crippen LogP contribution in [0.5, 0.6) is 0 Å². The number of rotatable bonds is 6. The number of ether oxygens (including phenoxy) is 2. The Morgan fingerprint density at radius 1 is 1.29 bits per heavy atom. The Kier molecular flexibility index (Phi) is 6.88. The number of likely N-dealkylation sites (tertiary alicyclic amines) is 1. The summed E-state index contributed by atoms with van der Waals surface area (Å²) in [4.78, 5) is 29.7. The van der Waals surface area contributed by atoms with Gasteiger partial charge in [-0.1, -0.05) is 36.4 Å². The maximum atomic E-state index is 13.2. The van der Waals surface area contributed by atoms with Gasteiger partial charge in [-0.05, 0) is 53.3 Å². The van der Waals surface area contributed by atoms with Gasteiger partial charge >= 0.3 is 12.1 Å². The van der Waals surface area contributed by atoms with Crippen molar-refractivity contribution in [2.45, 2.75) is 57.4 Å². The quantitative estimate of drug-likeness (QED) is 0.550. The van der Waals surface area contributed by atoms with E-state index in [1.165, 1.54) is 4.90 Å². The summed E-state index contributed by atoms with van der Waals surface area (Å²) < 4.78 is 11.2. The zero-order valence-corrected chi connectivity index (χ0v) is 17.6. The molecule has 0 saturated carbocycles. The Hall–Kier alpha value is -2.34. The van der Waals surface area contributed by atoms with E-state index < -0.39 is 23.2 Å². The van der Waals surface area contributed by atoms with Crippen LogP contribution in [0.15, 0.2) is 43.0 Å². The molecule has 1 aromatic carbocycles. The molecule has 1 fully saturated rings. The second-order valence-electron chi connectivity index (χ2n) is 8.50. The van der Waals surface area contributed by atoms with Gasteiger partial charge in [-0.25, -0.2) is 9.59 Å². The summed E-state index contributed by atoms with van der Waals surface area (Å²) in [6.07, 6.45) is 1.94. The predicted octanol–water partition coefficient (Wildman–Crippen LogP) is 3.62. The zero-order chi connectivity index (χ0) is 20.9. The van der Waals surface area contributed by atoms with Gasteiger partial charge in [0.2, 0.25) is 0 Å². The van der Waals surface area contributed by atoms with Crippen molar-refractivity contribution in [3.63, 3.8) is 0 Å². The lowest BCUT2D eigenvalue weighted by Crippen LogP contribution is -2.54. The number of hydrogen-bond acceptors (Lipinski definition) is 5. The normalized spacial score (nSPS) is 22.2. The molecule has 0 aliphatic carbocycles. The van der Waals surface area contributed by atoms with Crippen molar-refractivity contribution in [3.05, 3.63) is 48.6 Å². The lowest BCUT2D eigenvalue weighted by molar-refractivity contribution is -0.157. The van der Waals surface area contributed by atoms with Crippen molar-refractivity contribution < 1.29 is 19.1 Å². The minimum absolute atomic E-state index is 0.0248. The topological polar surface area (TPSA) is 59.1 Å². The Morgan fingerprint density at radius 2 is 1.93 bits per heavy atom. The first-order valence-electron chi connectivity index (χ1n) is 9.58. The first-order valence-corrected chi connectivity index (χ1v) is 9.58. The third kappa shape index (κ3) is 5.13. The van der Waals surface area contributed by atoms with Gasteiger partial charge < -0.3 is 14.4 Å². The average molecular weight is 389 g/mol. The van der Waals surface area contributed by atoms with Crippen LogP contribution in [0.4, 0.5) is 4.79 Å². The molecule has 1 unspecified atom stereocenters. The van der Waals surface area contributed by atoms with Crippen LogP contribution in [-0.4, -0.2) is 59.7 Å². The van der Waals surface area contributed by atoms with Crippen molar-refractivity contribution in [1.82, 2.24) is 9.80 Å². The van der Waals surface area contributed by atoms with E-state index >= 15 is 0 Å². The lowest BCUT2D eigenvalue weighted by atomic mass is 9.90. The highest BCUT2D eigenvalue weighted by Crippen LogP contribution is 2.37. The second kappa shape index (κ2) is 8.78. The van der Waals surface area contributed by atoms with E-state index in [1.54, 1.807) is 6.08 Å². The molecule has 1 aliphatic rings. The fraction of sp³-hybridized carbons (Fsp3) is 0.545. The fourth-order valence-electron chi connectivity index (χ4n) is 3.43. The molecule has 1 saturated heterocycles. The highest BCUT2D eigenvalue weighted by molar-refractivity contribution is 5.87. The third-order valence-electron chi connectivity index (χ3n) is 4.90. The third-order valence-corrected chi connectivity index (χ3v) is 4.90. The van der Waals surface area contributed by atoms with E-state index in [-0.39, 0.29) is 12.6 Å². The van der Waals surface area contributed by atoms with Gasteiger partial charge in [-0.15, -0.1) is 6.58 Å². The standard InChI is InChI=1S/C22H32N2O4/c1-7-13-22(19(25)27-16-17-11-9-8-10-12-17)14-18(23(5)6)15-24(22)20(26)28-21(2,3)4/h7-12,18H,1,13-16H2,2-6H3/t18-,22?/m1/s1. The SMILES string of the molecule is C=CCC1(C(=O)OCc2ccccc2)C[C@@H](N(C)C)CN1C(=O)OC(C)(C)C. The number of carbonyl (C=O) groups is 2. The Bertz CT molecular complexity index is 696. The van der Waals surface area contributed by atoms with Crippen molar-refractivity contribution in [1.29, 1.82) is 0 Å². The minimum Gasteiger partial charge on any atom is -0.459 e. The summed E-state index contributed by atoms with van der Waals surface area (Å²) in [5, 5.41) is 0. The molecule has 2 atom stereocenters. The number of nitrogens with zero attached hydrogens (tertiary/aromatic N) is 2. The minimum atomic E-state index is -1.12. The van der Waals surface area contributed by atoms with Crippen LogP contribution in [0.2, 0.25) is 0 Å². The van der Waals surface area contributed by atoms with E-state index in [0.29, 0.717) is 19.4 Å². The van der Waals surface area contributed by atoms with Crippen LogP contribution >= 0.6 is 0 Å². The molecule has 0 N–H and O–H groups in total. The molecule has 0 radical (unpaired) electrons. The van der Waals surface area contributed by atoms with Gasteiger partial charge in [0.15, 0.2) is 0 Å². The fourth-order valence-corrected chi connectivity index (χ4v) is 3.43. The van der Waals surface area contributed by atoms with E-state index in [4.69, 9.17) is 9.47 Å². The molecule has 28 heavy (non-hydrogen) atoms. The van der Waals surface area contributed by atoms with Crippen LogP contribution in [0.3, 0.4) is 0 Å². The molecule has 0 aromatic heterocycles. The monoisotopic (exact) mass is 388 g/mol. The van der Waals surface area contributed by atoms with Gasteiger partial charge in [0.05, 0.1) is 0 Å². The van der Waals surface area contributed by atoms with Crippen molar-refractivity contribution in [2.75, 3.05) is 20.6 Å². The summed E-state index contributed by atoms with van der Waals surface area (Å²) >= 11 is 0. The Balaban J connectivity index is 2.29. The number of carbonyl (C=O) groups excluding carboxylic acids is 2. The molecule has 6 nitrogen and oxygen atoms in total. The van der Waals surface area contributed by atoms with E-state index in [9.17, 15) is 9.59 Å². The maximum Gasteiger partial charge on any atom is 0.411 e. The van der Waals surface area contributed by atoms with Gasteiger partial charge in [0.25, 0.3) is 0 Å². The molecule has 0 bridgehead atoms. The summed E-state index contributed by atoms with van der Waals surface area (Å²) in [6.45, 7) is 9.81. The maximum absolute atomic E-state index is 13.2. The van der Waals surface area contributed by atoms with E-state index in [0.717, 1.165) is 5.56 Å². The molecular formula is C22H32N2O4. The van der Waals surface area contributed by atoms with E-state index in [2.05, 4.69) is 6.58 Å². The van der Waals surface area contributed by atoms with E-state index in [1.807, 2.05) is 70.1 Å². The lowest BCUT2D eigenvalue weighted by Gasteiger charge is -2.36. The molecule has 2 rings (SSSR count). The second-order valence-corrected chi connectivity index (χ2v) is 8.50. The summed E-state index contributed by atoms with van der Waals surface area (Å²) in [5.41, 5.74) is -0.870. The van der Waals surface area contributed by atoms with Crippen molar-refractivity contribution in [3.8, 4) is 0 Å². The van der Waals surface area contributed by atoms with Crippen LogP contribution in [0.1, 0.15) is 39.2 Å².